The number of rotatable bonds is 3. The highest BCUT2D eigenvalue weighted by atomic mass is 16.5. The zero-order valence-electron chi connectivity index (χ0n) is 13.0. The van der Waals surface area contributed by atoms with Crippen molar-refractivity contribution in [3.8, 4) is 11.3 Å². The molecule has 0 spiro atoms. The summed E-state index contributed by atoms with van der Waals surface area (Å²) in [6.07, 6.45) is 2.08. The van der Waals surface area contributed by atoms with Gasteiger partial charge in [-0.15, -0.1) is 0 Å². The minimum Gasteiger partial charge on any atom is -0.399 e. The number of aromatic nitrogens is 2. The zero-order chi connectivity index (χ0) is 15.6. The second-order valence-electron chi connectivity index (χ2n) is 5.85. The normalized spacial score (nSPS) is 16.0. The van der Waals surface area contributed by atoms with Crippen LogP contribution in [0, 0.1) is 0 Å². The Bertz CT molecular complexity index is 821. The lowest BCUT2D eigenvalue weighted by atomic mass is 10.1. The van der Waals surface area contributed by atoms with E-state index in [0.29, 0.717) is 0 Å². The molecular weight excluding hydrogens is 288 g/mol. The summed E-state index contributed by atoms with van der Waals surface area (Å²) in [5.74, 6) is 0. The van der Waals surface area contributed by atoms with Crippen LogP contribution in [0.5, 0.6) is 0 Å². The van der Waals surface area contributed by atoms with E-state index in [-0.39, 0.29) is 0 Å². The summed E-state index contributed by atoms with van der Waals surface area (Å²) in [5, 5.41) is 0. The van der Waals surface area contributed by atoms with E-state index in [9.17, 15) is 0 Å². The van der Waals surface area contributed by atoms with E-state index in [1.807, 2.05) is 36.4 Å². The molecule has 1 fully saturated rings. The number of morpholine rings is 1. The van der Waals surface area contributed by atoms with Crippen LogP contribution in [0.15, 0.2) is 48.7 Å². The molecule has 0 atom stereocenters. The number of imidazole rings is 1. The molecule has 4 rings (SSSR count). The summed E-state index contributed by atoms with van der Waals surface area (Å²) in [4.78, 5) is 7.25. The molecule has 0 amide bonds. The first-order chi connectivity index (χ1) is 11.3. The molecule has 2 N–H and O–H groups in total. The molecule has 1 aliphatic rings. The maximum Gasteiger partial charge on any atom is 0.137 e. The van der Waals surface area contributed by atoms with Crippen LogP contribution in [0.4, 0.5) is 5.69 Å². The maximum atomic E-state index is 5.96. The van der Waals surface area contributed by atoms with Gasteiger partial charge in [0.2, 0.25) is 0 Å². The van der Waals surface area contributed by atoms with Gasteiger partial charge >= 0.3 is 0 Å². The minimum absolute atomic E-state index is 0.761. The molecule has 0 unspecified atom stereocenters. The van der Waals surface area contributed by atoms with Crippen molar-refractivity contribution in [2.45, 2.75) is 6.54 Å². The number of benzene rings is 1. The van der Waals surface area contributed by atoms with Gasteiger partial charge in [0.15, 0.2) is 0 Å². The third-order valence-electron chi connectivity index (χ3n) is 4.27. The van der Waals surface area contributed by atoms with Crippen molar-refractivity contribution in [2.24, 2.45) is 0 Å². The van der Waals surface area contributed by atoms with Crippen LogP contribution in [0.3, 0.4) is 0 Å². The van der Waals surface area contributed by atoms with Gasteiger partial charge in [0, 0.05) is 37.1 Å². The maximum absolute atomic E-state index is 5.96. The minimum atomic E-state index is 0.761. The van der Waals surface area contributed by atoms with E-state index in [4.69, 9.17) is 15.5 Å². The number of pyridine rings is 1. The highest BCUT2D eigenvalue weighted by Crippen LogP contribution is 2.27. The zero-order valence-corrected chi connectivity index (χ0v) is 13.0. The molecule has 1 saturated heterocycles. The molecule has 5 nitrogen and oxygen atoms in total. The third-order valence-corrected chi connectivity index (χ3v) is 4.27. The van der Waals surface area contributed by atoms with E-state index in [1.165, 1.54) is 5.69 Å². The lowest BCUT2D eigenvalue weighted by Gasteiger charge is -2.26. The Labute approximate surface area is 135 Å². The molecule has 2 aromatic heterocycles. The number of anilines is 1. The second kappa shape index (κ2) is 6.02. The van der Waals surface area contributed by atoms with Gasteiger partial charge < -0.3 is 14.9 Å². The SMILES string of the molecule is Nc1cccc(-c2nc3ccccn3c2CN2CCOCC2)c1. The van der Waals surface area contributed by atoms with Gasteiger partial charge in [-0.25, -0.2) is 4.98 Å². The molecule has 3 aromatic rings. The van der Waals surface area contributed by atoms with Gasteiger partial charge in [0.05, 0.1) is 24.6 Å². The molecule has 1 aliphatic heterocycles. The van der Waals surface area contributed by atoms with Crippen molar-refractivity contribution in [3.05, 3.63) is 54.4 Å². The first-order valence-electron chi connectivity index (χ1n) is 7.93. The summed E-state index contributed by atoms with van der Waals surface area (Å²) in [7, 11) is 0. The highest BCUT2D eigenvalue weighted by Gasteiger charge is 2.18. The molecule has 23 heavy (non-hydrogen) atoms. The topological polar surface area (TPSA) is 55.8 Å². The van der Waals surface area contributed by atoms with E-state index >= 15 is 0 Å². The Morgan fingerprint density at radius 1 is 1.09 bits per heavy atom. The van der Waals surface area contributed by atoms with Crippen LogP contribution in [-0.4, -0.2) is 40.6 Å². The van der Waals surface area contributed by atoms with Crippen molar-refractivity contribution >= 4 is 11.3 Å². The predicted octanol–water partition coefficient (Wildman–Crippen LogP) is 2.42. The van der Waals surface area contributed by atoms with Gasteiger partial charge in [0.1, 0.15) is 5.65 Å². The van der Waals surface area contributed by atoms with Crippen LogP contribution in [0.2, 0.25) is 0 Å². The van der Waals surface area contributed by atoms with Crippen LogP contribution in [-0.2, 0) is 11.3 Å². The second-order valence-corrected chi connectivity index (χ2v) is 5.85. The van der Waals surface area contributed by atoms with Gasteiger partial charge in [-0.05, 0) is 24.3 Å². The summed E-state index contributed by atoms with van der Waals surface area (Å²) in [5.41, 5.74) is 11.0. The van der Waals surface area contributed by atoms with E-state index < -0.39 is 0 Å². The number of nitrogen functional groups attached to an aromatic ring is 1. The number of hydrogen-bond donors (Lipinski definition) is 1. The number of nitrogens with two attached hydrogens (primary N) is 1. The van der Waals surface area contributed by atoms with Crippen molar-refractivity contribution in [1.82, 2.24) is 14.3 Å². The quantitative estimate of drug-likeness (QED) is 0.755. The molecule has 3 heterocycles. The first-order valence-corrected chi connectivity index (χ1v) is 7.93. The van der Waals surface area contributed by atoms with E-state index in [2.05, 4.69) is 21.6 Å². The fourth-order valence-corrected chi connectivity index (χ4v) is 3.09. The summed E-state index contributed by atoms with van der Waals surface area (Å²) in [6, 6.07) is 14.0. The van der Waals surface area contributed by atoms with Gasteiger partial charge in [-0.2, -0.15) is 0 Å². The van der Waals surface area contributed by atoms with Crippen LogP contribution < -0.4 is 5.73 Å². The van der Waals surface area contributed by atoms with Crippen molar-refractivity contribution in [2.75, 3.05) is 32.0 Å². The fourth-order valence-electron chi connectivity index (χ4n) is 3.09. The lowest BCUT2D eigenvalue weighted by molar-refractivity contribution is 0.0336. The largest absolute Gasteiger partial charge is 0.399 e. The molecule has 1 aromatic carbocycles. The van der Waals surface area contributed by atoms with E-state index in [1.54, 1.807) is 0 Å². The van der Waals surface area contributed by atoms with E-state index in [0.717, 1.165) is 55.4 Å². The van der Waals surface area contributed by atoms with Gasteiger partial charge in [0.25, 0.3) is 0 Å². The number of ether oxygens (including phenoxy) is 1. The monoisotopic (exact) mass is 308 g/mol. The highest BCUT2D eigenvalue weighted by molar-refractivity contribution is 5.69. The Kier molecular flexibility index (Phi) is 3.73. The molecule has 0 radical (unpaired) electrons. The fraction of sp³-hybridized carbons (Fsp3) is 0.278. The summed E-state index contributed by atoms with van der Waals surface area (Å²) >= 11 is 0. The number of nitrogens with zero attached hydrogens (tertiary/aromatic N) is 3. The van der Waals surface area contributed by atoms with Crippen molar-refractivity contribution in [3.63, 3.8) is 0 Å². The van der Waals surface area contributed by atoms with Crippen molar-refractivity contribution < 1.29 is 4.74 Å². The van der Waals surface area contributed by atoms with Gasteiger partial charge in [-0.3, -0.25) is 4.90 Å². The van der Waals surface area contributed by atoms with Gasteiger partial charge in [-0.1, -0.05) is 18.2 Å². The average molecular weight is 308 g/mol. The molecule has 5 heteroatoms. The summed E-state index contributed by atoms with van der Waals surface area (Å²) < 4.78 is 7.63. The Morgan fingerprint density at radius 2 is 1.96 bits per heavy atom. The third kappa shape index (κ3) is 2.81. The standard InChI is InChI=1S/C18H20N4O/c19-15-5-3-4-14(12-15)18-16(13-21-8-10-23-11-9-21)22-7-2-1-6-17(22)20-18/h1-7,12H,8-11,13,19H2. The Balaban J connectivity index is 1.80. The lowest BCUT2D eigenvalue weighted by Crippen LogP contribution is -2.36. The van der Waals surface area contributed by atoms with Crippen LogP contribution >= 0.6 is 0 Å². The predicted molar refractivity (Wildman–Crippen MR) is 91.1 cm³/mol. The van der Waals surface area contributed by atoms with Crippen LogP contribution in [0.1, 0.15) is 5.69 Å². The molecular formula is C18H20N4O. The summed E-state index contributed by atoms with van der Waals surface area (Å²) in [6.45, 7) is 4.36. The van der Waals surface area contributed by atoms with Crippen molar-refractivity contribution in [1.29, 1.82) is 0 Å². The molecule has 0 bridgehead atoms. The molecule has 0 aliphatic carbocycles. The average Bonchev–Trinajstić information content (AvgIpc) is 2.95. The number of hydrogen-bond acceptors (Lipinski definition) is 4. The first kappa shape index (κ1) is 14.2. The smallest absolute Gasteiger partial charge is 0.137 e. The molecule has 0 saturated carbocycles. The molecule has 118 valence electrons. The van der Waals surface area contributed by atoms with Crippen LogP contribution in [0.25, 0.3) is 16.9 Å². The Morgan fingerprint density at radius 3 is 2.78 bits per heavy atom. The Hall–Kier alpha value is -2.37. The number of fused-ring (bicyclic) bond motifs is 1.